The molecule has 1 heterocycles. The molecule has 4 rings (SSSR count). The van der Waals surface area contributed by atoms with Crippen LogP contribution in [-0.4, -0.2) is 23.4 Å². The number of phenolic OH excluding ortho intramolecular Hbond substituents is 1. The molecular weight excluding hydrogens is 374 g/mol. The van der Waals surface area contributed by atoms with Crippen molar-refractivity contribution in [2.45, 2.75) is 0 Å². The van der Waals surface area contributed by atoms with Crippen LogP contribution in [0.4, 0.5) is 5.69 Å². The average Bonchev–Trinajstić information content (AvgIpc) is 2.79. The van der Waals surface area contributed by atoms with Crippen LogP contribution < -0.4 is 10.2 Å². The molecule has 3 aromatic carbocycles. The van der Waals surface area contributed by atoms with Gasteiger partial charge in [0.2, 0.25) is 0 Å². The molecule has 0 aliphatic rings. The first-order valence-electron chi connectivity index (χ1n) is 9.52. The fraction of sp³-hybridized carbons (Fsp3) is 0.0400. The lowest BCUT2D eigenvalue weighted by molar-refractivity contribution is 0.415. The Hall–Kier alpha value is -4.12. The normalized spacial score (nSPS) is 11.4. The average molecular weight is 395 g/mol. The summed E-state index contributed by atoms with van der Waals surface area (Å²) in [6, 6.07) is 24.8. The van der Waals surface area contributed by atoms with E-state index >= 15 is 0 Å². The second kappa shape index (κ2) is 8.92. The number of rotatable bonds is 6. The summed E-state index contributed by atoms with van der Waals surface area (Å²) < 4.78 is 5.36. The van der Waals surface area contributed by atoms with Crippen molar-refractivity contribution in [1.82, 2.24) is 4.98 Å². The summed E-state index contributed by atoms with van der Waals surface area (Å²) >= 11 is 0. The molecule has 0 saturated heterocycles. The molecule has 0 aliphatic carbocycles. The number of para-hydroxylation sites is 1. The van der Waals surface area contributed by atoms with Crippen molar-refractivity contribution in [2.24, 2.45) is 5.10 Å². The van der Waals surface area contributed by atoms with Crippen molar-refractivity contribution in [1.29, 1.82) is 0 Å². The number of fused-ring (bicyclic) bond motifs is 1. The molecule has 148 valence electrons. The molecule has 5 heteroatoms. The molecule has 30 heavy (non-hydrogen) atoms. The Morgan fingerprint density at radius 2 is 1.73 bits per heavy atom. The van der Waals surface area contributed by atoms with E-state index in [9.17, 15) is 5.11 Å². The van der Waals surface area contributed by atoms with Gasteiger partial charge in [-0.3, -0.25) is 5.43 Å². The maximum atomic E-state index is 9.92. The highest BCUT2D eigenvalue weighted by Crippen LogP contribution is 2.28. The van der Waals surface area contributed by atoms with Gasteiger partial charge in [-0.1, -0.05) is 48.5 Å². The topological polar surface area (TPSA) is 66.7 Å². The number of nitrogens with one attached hydrogen (secondary N) is 1. The minimum Gasteiger partial charge on any atom is -0.507 e. The lowest BCUT2D eigenvalue weighted by Gasteiger charge is -2.09. The first-order chi connectivity index (χ1) is 14.7. The zero-order valence-corrected chi connectivity index (χ0v) is 16.5. The number of ether oxygens (including phenoxy) is 1. The number of benzene rings is 3. The molecule has 0 unspecified atom stereocenters. The molecule has 0 bridgehead atoms. The SMILES string of the molecule is COc1ccc2nc(/C=C/c3ccccc3)cc(N/N=C/c3ccccc3O)c2c1. The number of hydrazone groups is 1. The van der Waals surface area contributed by atoms with Gasteiger partial charge in [0.15, 0.2) is 0 Å². The largest absolute Gasteiger partial charge is 0.507 e. The first-order valence-corrected chi connectivity index (χ1v) is 9.52. The molecule has 4 aromatic rings. The van der Waals surface area contributed by atoms with E-state index in [4.69, 9.17) is 9.72 Å². The number of anilines is 1. The molecule has 0 saturated carbocycles. The van der Waals surface area contributed by atoms with Crippen LogP contribution in [-0.2, 0) is 0 Å². The van der Waals surface area contributed by atoms with E-state index in [1.165, 1.54) is 0 Å². The Kier molecular flexibility index (Phi) is 5.71. The number of aromatic nitrogens is 1. The summed E-state index contributed by atoms with van der Waals surface area (Å²) in [6.45, 7) is 0. The van der Waals surface area contributed by atoms with E-state index < -0.39 is 0 Å². The number of pyridine rings is 1. The van der Waals surface area contributed by atoms with Gasteiger partial charge in [-0.05, 0) is 48.0 Å². The number of aromatic hydroxyl groups is 1. The van der Waals surface area contributed by atoms with Crippen LogP contribution in [0.1, 0.15) is 16.8 Å². The molecular formula is C25H21N3O2. The summed E-state index contributed by atoms with van der Waals surface area (Å²) in [5.74, 6) is 0.917. The van der Waals surface area contributed by atoms with Crippen molar-refractivity contribution < 1.29 is 9.84 Å². The Morgan fingerprint density at radius 1 is 0.933 bits per heavy atom. The van der Waals surface area contributed by atoms with Crippen molar-refractivity contribution in [3.8, 4) is 11.5 Å². The lowest BCUT2D eigenvalue weighted by atomic mass is 10.1. The quantitative estimate of drug-likeness (QED) is 0.331. The fourth-order valence-corrected chi connectivity index (χ4v) is 3.04. The first kappa shape index (κ1) is 19.2. The predicted molar refractivity (Wildman–Crippen MR) is 123 cm³/mol. The summed E-state index contributed by atoms with van der Waals surface area (Å²) in [4.78, 5) is 4.73. The van der Waals surface area contributed by atoms with E-state index in [1.807, 2.05) is 72.8 Å². The molecule has 0 fully saturated rings. The molecule has 0 radical (unpaired) electrons. The Bertz CT molecular complexity index is 1220. The second-order valence-electron chi connectivity index (χ2n) is 6.65. The predicted octanol–water partition coefficient (Wildman–Crippen LogP) is 5.57. The molecule has 0 aliphatic heterocycles. The molecule has 5 nitrogen and oxygen atoms in total. The second-order valence-corrected chi connectivity index (χ2v) is 6.65. The molecule has 1 aromatic heterocycles. The third-order valence-electron chi connectivity index (χ3n) is 4.61. The van der Waals surface area contributed by atoms with Gasteiger partial charge in [0.1, 0.15) is 11.5 Å². The highest BCUT2D eigenvalue weighted by atomic mass is 16.5. The monoisotopic (exact) mass is 395 g/mol. The van der Waals surface area contributed by atoms with E-state index in [2.05, 4.69) is 10.5 Å². The lowest BCUT2D eigenvalue weighted by Crippen LogP contribution is -1.96. The van der Waals surface area contributed by atoms with Gasteiger partial charge >= 0.3 is 0 Å². The number of phenols is 1. The third kappa shape index (κ3) is 4.47. The van der Waals surface area contributed by atoms with Gasteiger partial charge in [0.05, 0.1) is 30.2 Å². The van der Waals surface area contributed by atoms with Crippen LogP contribution >= 0.6 is 0 Å². The Balaban J connectivity index is 1.69. The zero-order valence-electron chi connectivity index (χ0n) is 16.5. The smallest absolute Gasteiger partial charge is 0.124 e. The number of hydrogen-bond donors (Lipinski definition) is 2. The molecule has 0 atom stereocenters. The van der Waals surface area contributed by atoms with Crippen LogP contribution in [0.25, 0.3) is 23.1 Å². The fourth-order valence-electron chi connectivity index (χ4n) is 3.04. The maximum absolute atomic E-state index is 9.92. The minimum absolute atomic E-state index is 0.177. The standard InChI is InChI=1S/C25H21N3O2/c1-30-21-13-14-23-22(16-21)24(28-26-17-19-9-5-6-10-25(19)29)15-20(27-23)12-11-18-7-3-2-4-8-18/h2-17,29H,1H3,(H,27,28)/b12-11+,26-17+. The summed E-state index contributed by atoms with van der Waals surface area (Å²) in [7, 11) is 1.63. The van der Waals surface area contributed by atoms with Gasteiger partial charge in [-0.2, -0.15) is 5.10 Å². The van der Waals surface area contributed by atoms with Gasteiger partial charge < -0.3 is 9.84 Å². The van der Waals surface area contributed by atoms with Crippen LogP contribution in [0, 0.1) is 0 Å². The van der Waals surface area contributed by atoms with Crippen LogP contribution in [0.5, 0.6) is 11.5 Å². The van der Waals surface area contributed by atoms with Crippen LogP contribution in [0.2, 0.25) is 0 Å². The molecule has 0 amide bonds. The van der Waals surface area contributed by atoms with Crippen molar-refractivity contribution in [2.75, 3.05) is 12.5 Å². The Morgan fingerprint density at radius 3 is 2.53 bits per heavy atom. The molecule has 0 spiro atoms. The van der Waals surface area contributed by atoms with E-state index in [-0.39, 0.29) is 5.75 Å². The van der Waals surface area contributed by atoms with Gasteiger partial charge in [0, 0.05) is 10.9 Å². The summed E-state index contributed by atoms with van der Waals surface area (Å²) in [6.07, 6.45) is 5.57. The Labute approximate surface area is 175 Å². The highest BCUT2D eigenvalue weighted by Gasteiger charge is 2.06. The van der Waals surface area contributed by atoms with Crippen LogP contribution in [0.15, 0.2) is 84.0 Å². The van der Waals surface area contributed by atoms with Crippen molar-refractivity contribution in [3.63, 3.8) is 0 Å². The van der Waals surface area contributed by atoms with Crippen LogP contribution in [0.3, 0.4) is 0 Å². The summed E-state index contributed by atoms with van der Waals surface area (Å²) in [5, 5.41) is 15.1. The zero-order chi connectivity index (χ0) is 20.8. The third-order valence-corrected chi connectivity index (χ3v) is 4.61. The van der Waals surface area contributed by atoms with Gasteiger partial charge in [0.25, 0.3) is 0 Å². The summed E-state index contributed by atoms with van der Waals surface area (Å²) in [5.41, 5.74) is 7.23. The number of hydrogen-bond acceptors (Lipinski definition) is 5. The highest BCUT2D eigenvalue weighted by molar-refractivity contribution is 5.94. The van der Waals surface area contributed by atoms with Gasteiger partial charge in [-0.25, -0.2) is 4.98 Å². The molecule has 2 N–H and O–H groups in total. The van der Waals surface area contributed by atoms with Crippen molar-refractivity contribution >= 4 is 35.0 Å². The number of nitrogens with zero attached hydrogens (tertiary/aromatic N) is 2. The maximum Gasteiger partial charge on any atom is 0.124 e. The van der Waals surface area contributed by atoms with Crippen molar-refractivity contribution in [3.05, 3.63) is 95.7 Å². The van der Waals surface area contributed by atoms with E-state index in [0.717, 1.165) is 33.6 Å². The van der Waals surface area contributed by atoms with Gasteiger partial charge in [-0.15, -0.1) is 0 Å². The van der Waals surface area contributed by atoms with E-state index in [0.29, 0.717) is 5.56 Å². The number of methoxy groups -OCH3 is 1. The van der Waals surface area contributed by atoms with E-state index in [1.54, 1.807) is 31.5 Å². The minimum atomic E-state index is 0.177.